The van der Waals surface area contributed by atoms with Crippen LogP contribution in [-0.2, 0) is 0 Å². The maximum absolute atomic E-state index is 4.65. The van der Waals surface area contributed by atoms with Crippen molar-refractivity contribution in [2.24, 2.45) is 0 Å². The van der Waals surface area contributed by atoms with Crippen LogP contribution >= 0.6 is 23.1 Å². The van der Waals surface area contributed by atoms with Gasteiger partial charge >= 0.3 is 0 Å². The molecule has 0 unspecified atom stereocenters. The molecule has 0 fully saturated rings. The van der Waals surface area contributed by atoms with Crippen LogP contribution in [0.5, 0.6) is 0 Å². The Morgan fingerprint density at radius 1 is 1.27 bits per heavy atom. The molecule has 0 aliphatic heterocycles. The fourth-order valence-corrected chi connectivity index (χ4v) is 3.45. The molecule has 0 amide bonds. The van der Waals surface area contributed by atoms with Gasteiger partial charge in [-0.05, 0) is 12.7 Å². The zero-order valence-corrected chi connectivity index (χ0v) is 10.5. The van der Waals surface area contributed by atoms with Gasteiger partial charge in [-0.1, -0.05) is 49.0 Å². The van der Waals surface area contributed by atoms with E-state index >= 15 is 0 Å². The average molecular weight is 235 g/mol. The Morgan fingerprint density at radius 2 is 2.00 bits per heavy atom. The molecule has 0 saturated carbocycles. The standard InChI is InChI=1S/C12H13NS2/c1-3-14-12-13-11(9(2)15-12)10-7-5-4-6-8-10/h4-8H,3H2,1-2H3. The molecule has 0 bridgehead atoms. The van der Waals surface area contributed by atoms with Crippen molar-refractivity contribution in [3.05, 3.63) is 35.2 Å². The molecule has 0 aliphatic carbocycles. The molecule has 1 aromatic carbocycles. The van der Waals surface area contributed by atoms with Crippen LogP contribution in [0.3, 0.4) is 0 Å². The second kappa shape index (κ2) is 4.81. The summed E-state index contributed by atoms with van der Waals surface area (Å²) < 4.78 is 1.17. The van der Waals surface area contributed by atoms with E-state index in [1.54, 1.807) is 11.3 Å². The molecule has 0 radical (unpaired) electrons. The first-order chi connectivity index (χ1) is 7.31. The second-order valence-electron chi connectivity index (χ2n) is 3.18. The van der Waals surface area contributed by atoms with Crippen LogP contribution in [0.15, 0.2) is 34.7 Å². The summed E-state index contributed by atoms with van der Waals surface area (Å²) in [6, 6.07) is 10.4. The van der Waals surface area contributed by atoms with Crippen molar-refractivity contribution in [2.75, 3.05) is 5.75 Å². The molecule has 2 rings (SSSR count). The molecular weight excluding hydrogens is 222 g/mol. The molecule has 1 aromatic heterocycles. The normalized spacial score (nSPS) is 10.5. The number of aryl methyl sites for hydroxylation is 1. The molecule has 0 atom stereocenters. The van der Waals surface area contributed by atoms with Gasteiger partial charge in [0.1, 0.15) is 0 Å². The van der Waals surface area contributed by atoms with Gasteiger partial charge in [0.25, 0.3) is 0 Å². The minimum absolute atomic E-state index is 1.08. The highest BCUT2D eigenvalue weighted by Crippen LogP contribution is 2.32. The summed E-state index contributed by atoms with van der Waals surface area (Å²) in [5.74, 6) is 1.08. The Morgan fingerprint density at radius 3 is 2.67 bits per heavy atom. The van der Waals surface area contributed by atoms with E-state index in [-0.39, 0.29) is 0 Å². The number of benzene rings is 1. The number of hydrogen-bond acceptors (Lipinski definition) is 3. The lowest BCUT2D eigenvalue weighted by molar-refractivity contribution is 1.24. The van der Waals surface area contributed by atoms with E-state index < -0.39 is 0 Å². The van der Waals surface area contributed by atoms with Crippen LogP contribution in [-0.4, -0.2) is 10.7 Å². The Labute approximate surface area is 98.6 Å². The molecule has 3 heteroatoms. The lowest BCUT2D eigenvalue weighted by atomic mass is 10.1. The quantitative estimate of drug-likeness (QED) is 0.738. The van der Waals surface area contributed by atoms with Gasteiger partial charge in [-0.15, -0.1) is 11.3 Å². The maximum atomic E-state index is 4.65. The van der Waals surface area contributed by atoms with Gasteiger partial charge in [0.2, 0.25) is 0 Å². The van der Waals surface area contributed by atoms with Gasteiger partial charge in [-0.3, -0.25) is 0 Å². The largest absolute Gasteiger partial charge is 0.229 e. The Bertz CT molecular complexity index is 434. The first kappa shape index (κ1) is 10.7. The van der Waals surface area contributed by atoms with E-state index in [1.807, 2.05) is 17.8 Å². The third-order valence-electron chi connectivity index (χ3n) is 2.09. The second-order valence-corrected chi connectivity index (χ2v) is 5.90. The SMILES string of the molecule is CCSc1nc(-c2ccccc2)c(C)s1. The highest BCUT2D eigenvalue weighted by atomic mass is 32.2. The zero-order chi connectivity index (χ0) is 10.7. The third-order valence-corrected chi connectivity index (χ3v) is 4.09. The summed E-state index contributed by atoms with van der Waals surface area (Å²) in [6.07, 6.45) is 0. The van der Waals surface area contributed by atoms with Crippen LogP contribution in [0.2, 0.25) is 0 Å². The van der Waals surface area contributed by atoms with E-state index in [0.717, 1.165) is 11.4 Å². The predicted molar refractivity (Wildman–Crippen MR) is 68.7 cm³/mol. The van der Waals surface area contributed by atoms with Crippen LogP contribution in [0.4, 0.5) is 0 Å². The van der Waals surface area contributed by atoms with E-state index in [2.05, 4.69) is 43.1 Å². The fraction of sp³-hybridized carbons (Fsp3) is 0.250. The Hall–Kier alpha value is -0.800. The van der Waals surface area contributed by atoms with Gasteiger partial charge in [-0.2, -0.15) is 0 Å². The lowest BCUT2D eigenvalue weighted by Crippen LogP contribution is -1.79. The van der Waals surface area contributed by atoms with E-state index in [4.69, 9.17) is 0 Å². The van der Waals surface area contributed by atoms with Gasteiger partial charge in [-0.25, -0.2) is 4.98 Å². The molecule has 0 saturated heterocycles. The van der Waals surface area contributed by atoms with Crippen molar-refractivity contribution in [3.63, 3.8) is 0 Å². The summed E-state index contributed by atoms with van der Waals surface area (Å²) in [5, 5.41) is 0. The van der Waals surface area contributed by atoms with Gasteiger partial charge in [0.15, 0.2) is 4.34 Å². The van der Waals surface area contributed by atoms with Crippen molar-refractivity contribution in [1.29, 1.82) is 0 Å². The smallest absolute Gasteiger partial charge is 0.150 e. The monoisotopic (exact) mass is 235 g/mol. The summed E-state index contributed by atoms with van der Waals surface area (Å²) >= 11 is 3.60. The van der Waals surface area contributed by atoms with Gasteiger partial charge in [0, 0.05) is 10.4 Å². The van der Waals surface area contributed by atoms with Crippen molar-refractivity contribution in [1.82, 2.24) is 4.98 Å². The topological polar surface area (TPSA) is 12.9 Å². The number of thiazole rings is 1. The molecule has 2 aromatic rings. The van der Waals surface area contributed by atoms with E-state index in [1.165, 1.54) is 14.8 Å². The van der Waals surface area contributed by atoms with Crippen molar-refractivity contribution >= 4 is 23.1 Å². The lowest BCUT2D eigenvalue weighted by Gasteiger charge is -1.96. The average Bonchev–Trinajstić information content (AvgIpc) is 2.61. The number of rotatable bonds is 3. The van der Waals surface area contributed by atoms with Gasteiger partial charge < -0.3 is 0 Å². The van der Waals surface area contributed by atoms with Crippen molar-refractivity contribution in [2.45, 2.75) is 18.2 Å². The van der Waals surface area contributed by atoms with Crippen LogP contribution in [0.25, 0.3) is 11.3 Å². The van der Waals surface area contributed by atoms with Crippen molar-refractivity contribution < 1.29 is 0 Å². The highest BCUT2D eigenvalue weighted by Gasteiger charge is 2.08. The van der Waals surface area contributed by atoms with Gasteiger partial charge in [0.05, 0.1) is 5.69 Å². The van der Waals surface area contributed by atoms with E-state index in [9.17, 15) is 0 Å². The molecule has 1 heterocycles. The summed E-state index contributed by atoms with van der Waals surface area (Å²) in [6.45, 7) is 4.29. The van der Waals surface area contributed by atoms with Crippen LogP contribution < -0.4 is 0 Å². The summed E-state index contributed by atoms with van der Waals surface area (Å²) in [5.41, 5.74) is 2.35. The molecule has 0 aliphatic rings. The first-order valence-electron chi connectivity index (χ1n) is 4.97. The van der Waals surface area contributed by atoms with Crippen molar-refractivity contribution in [3.8, 4) is 11.3 Å². The van der Waals surface area contributed by atoms with Crippen LogP contribution in [0, 0.1) is 6.92 Å². The molecule has 0 N–H and O–H groups in total. The number of thioether (sulfide) groups is 1. The molecule has 15 heavy (non-hydrogen) atoms. The minimum atomic E-state index is 1.08. The number of aromatic nitrogens is 1. The predicted octanol–water partition coefficient (Wildman–Crippen LogP) is 4.23. The van der Waals surface area contributed by atoms with Crippen LogP contribution in [0.1, 0.15) is 11.8 Å². The highest BCUT2D eigenvalue weighted by molar-refractivity contribution is 8.01. The minimum Gasteiger partial charge on any atom is -0.229 e. The first-order valence-corrected chi connectivity index (χ1v) is 6.77. The molecular formula is C12H13NS2. The zero-order valence-electron chi connectivity index (χ0n) is 8.86. The fourth-order valence-electron chi connectivity index (χ4n) is 1.42. The molecule has 0 spiro atoms. The maximum Gasteiger partial charge on any atom is 0.150 e. The number of hydrogen-bond donors (Lipinski definition) is 0. The Kier molecular flexibility index (Phi) is 3.44. The third kappa shape index (κ3) is 2.41. The molecule has 1 nitrogen and oxygen atoms in total. The summed E-state index contributed by atoms with van der Waals surface area (Å²) in [7, 11) is 0. The summed E-state index contributed by atoms with van der Waals surface area (Å²) in [4.78, 5) is 5.95. The van der Waals surface area contributed by atoms with E-state index in [0.29, 0.717) is 0 Å². The Balaban J connectivity index is 2.36. The number of nitrogens with zero attached hydrogens (tertiary/aromatic N) is 1. The molecule has 78 valence electrons.